The highest BCUT2D eigenvalue weighted by molar-refractivity contribution is 8.02. The van der Waals surface area contributed by atoms with E-state index in [1.807, 2.05) is 67.6 Å². The van der Waals surface area contributed by atoms with Gasteiger partial charge in [0.15, 0.2) is 0 Å². The molecule has 3 amide bonds. The molecule has 4 unspecified atom stereocenters. The number of hydrogen-bond donors (Lipinski definition) is 3. The Hall–Kier alpha value is -2.84. The molecule has 2 bridgehead atoms. The summed E-state index contributed by atoms with van der Waals surface area (Å²) >= 11 is 1.65. The zero-order valence-electron chi connectivity index (χ0n) is 22.2. The van der Waals surface area contributed by atoms with Crippen LogP contribution in [0.25, 0.3) is 0 Å². The Morgan fingerprint density at radius 1 is 1.11 bits per heavy atom. The molecule has 3 aliphatic rings. The third kappa shape index (κ3) is 4.31. The van der Waals surface area contributed by atoms with E-state index < -0.39 is 28.7 Å². The lowest BCUT2D eigenvalue weighted by Crippen LogP contribution is -2.58. The Morgan fingerprint density at radius 2 is 1.76 bits per heavy atom. The van der Waals surface area contributed by atoms with E-state index in [1.54, 1.807) is 16.7 Å². The summed E-state index contributed by atoms with van der Waals surface area (Å²) in [4.78, 5) is 43.8. The molecule has 3 saturated heterocycles. The van der Waals surface area contributed by atoms with Crippen molar-refractivity contribution in [1.82, 2.24) is 10.2 Å². The maximum atomic E-state index is 14.4. The van der Waals surface area contributed by atoms with E-state index >= 15 is 0 Å². The van der Waals surface area contributed by atoms with Gasteiger partial charge in [0.25, 0.3) is 0 Å². The number of aliphatic hydroxyl groups excluding tert-OH is 1. The molecule has 3 aliphatic heterocycles. The molecule has 7 nitrogen and oxygen atoms in total. The van der Waals surface area contributed by atoms with Crippen LogP contribution in [0, 0.1) is 17.8 Å². The molecule has 8 atom stereocenters. The topological polar surface area (TPSA) is 98.7 Å². The van der Waals surface area contributed by atoms with Crippen LogP contribution in [0.4, 0.5) is 5.69 Å². The van der Waals surface area contributed by atoms with Crippen molar-refractivity contribution >= 4 is 35.2 Å². The van der Waals surface area contributed by atoms with E-state index in [0.717, 1.165) is 24.8 Å². The molecule has 0 radical (unpaired) electrons. The van der Waals surface area contributed by atoms with Crippen LogP contribution in [0.1, 0.15) is 51.6 Å². The van der Waals surface area contributed by atoms with Gasteiger partial charge in [0, 0.05) is 17.0 Å². The molecule has 202 valence electrons. The summed E-state index contributed by atoms with van der Waals surface area (Å²) in [5.41, 5.74) is 1.46. The quantitative estimate of drug-likeness (QED) is 0.451. The van der Waals surface area contributed by atoms with Gasteiger partial charge >= 0.3 is 0 Å². The van der Waals surface area contributed by atoms with Crippen LogP contribution in [-0.4, -0.2) is 56.4 Å². The van der Waals surface area contributed by atoms with Crippen LogP contribution in [0.15, 0.2) is 60.7 Å². The smallest absolute Gasteiger partial charge is 0.244 e. The lowest BCUT2D eigenvalue weighted by atomic mass is 9.65. The monoisotopic (exact) mass is 535 g/mol. The SMILES string of the molecule is CCCC(C)NC(=O)C1N([C@H](CO)c2ccccc2)C(=O)[C@@H]2[C@H](C(=O)Nc3ccccc3)[C@@H]3CC(C)C12S3. The number of rotatable bonds is 9. The molecule has 0 aliphatic carbocycles. The number of fused-ring (bicyclic) bond motifs is 1. The standard InChI is InChI=1S/C30H37N3O4S/c1-4-11-19(3)31-28(36)26-30-18(2)16-23(38-30)24(27(35)32-21-14-9-6-10-15-21)25(30)29(37)33(26)22(17-34)20-12-7-5-8-13-20/h5-10,12-15,18-19,22-26,34H,4,11,16-17H2,1-3H3,(H,31,36)(H,32,35)/t18?,19?,22-,23+,24-,25+,26?,30?/m1/s1. The Morgan fingerprint density at radius 3 is 2.39 bits per heavy atom. The number of aliphatic hydroxyl groups is 1. The zero-order valence-corrected chi connectivity index (χ0v) is 23.0. The molecule has 8 heteroatoms. The predicted octanol–water partition coefficient (Wildman–Crippen LogP) is 4.00. The zero-order chi connectivity index (χ0) is 27.0. The summed E-state index contributed by atoms with van der Waals surface area (Å²) < 4.78 is -0.737. The summed E-state index contributed by atoms with van der Waals surface area (Å²) in [7, 11) is 0. The fourth-order valence-corrected chi connectivity index (χ4v) is 9.41. The van der Waals surface area contributed by atoms with E-state index in [0.29, 0.717) is 5.69 Å². The first-order chi connectivity index (χ1) is 18.3. The van der Waals surface area contributed by atoms with Crippen molar-refractivity contribution in [2.24, 2.45) is 17.8 Å². The lowest BCUT2D eigenvalue weighted by Gasteiger charge is -2.40. The number of nitrogens with zero attached hydrogens (tertiary/aromatic N) is 1. The first-order valence-electron chi connectivity index (χ1n) is 13.7. The van der Waals surface area contributed by atoms with Crippen LogP contribution < -0.4 is 10.6 Å². The van der Waals surface area contributed by atoms with Gasteiger partial charge in [0.05, 0.1) is 29.2 Å². The summed E-state index contributed by atoms with van der Waals surface area (Å²) in [5.74, 6) is -1.72. The van der Waals surface area contributed by atoms with E-state index in [-0.39, 0.29) is 41.5 Å². The normalized spacial score (nSPS) is 31.1. The van der Waals surface area contributed by atoms with Gasteiger partial charge < -0.3 is 20.6 Å². The molecule has 2 aromatic carbocycles. The molecule has 5 rings (SSSR count). The van der Waals surface area contributed by atoms with Gasteiger partial charge in [-0.05, 0) is 43.4 Å². The number of carbonyl (C=O) groups excluding carboxylic acids is 3. The summed E-state index contributed by atoms with van der Waals surface area (Å²) in [6.07, 6.45) is 2.53. The van der Waals surface area contributed by atoms with Crippen molar-refractivity contribution in [2.45, 2.75) is 68.2 Å². The number of thioether (sulfide) groups is 1. The van der Waals surface area contributed by atoms with Gasteiger partial charge in [-0.25, -0.2) is 0 Å². The number of anilines is 1. The molecular weight excluding hydrogens is 498 g/mol. The van der Waals surface area contributed by atoms with Crippen LogP contribution in [0.5, 0.6) is 0 Å². The second-order valence-electron chi connectivity index (χ2n) is 11.0. The molecule has 3 fully saturated rings. The number of likely N-dealkylation sites (tertiary alicyclic amines) is 1. The minimum absolute atomic E-state index is 0.0414. The van der Waals surface area contributed by atoms with Crippen LogP contribution in [-0.2, 0) is 14.4 Å². The Balaban J connectivity index is 1.56. The van der Waals surface area contributed by atoms with Crippen LogP contribution >= 0.6 is 11.8 Å². The fourth-order valence-electron chi connectivity index (χ4n) is 7.00. The minimum atomic E-state index is -0.781. The van der Waals surface area contributed by atoms with Gasteiger partial charge in [-0.3, -0.25) is 14.4 Å². The highest BCUT2D eigenvalue weighted by Gasteiger charge is 2.76. The number of carbonyl (C=O) groups is 3. The summed E-state index contributed by atoms with van der Waals surface area (Å²) in [6, 6.07) is 17.2. The average molecular weight is 536 g/mol. The van der Waals surface area contributed by atoms with Crippen molar-refractivity contribution in [1.29, 1.82) is 0 Å². The fraction of sp³-hybridized carbons (Fsp3) is 0.500. The molecule has 0 saturated carbocycles. The highest BCUT2D eigenvalue weighted by Crippen LogP contribution is 2.69. The number of nitrogens with one attached hydrogen (secondary N) is 2. The number of hydrogen-bond acceptors (Lipinski definition) is 5. The molecule has 1 spiro atoms. The van der Waals surface area contributed by atoms with Crippen molar-refractivity contribution in [3.05, 3.63) is 66.2 Å². The van der Waals surface area contributed by atoms with Crippen molar-refractivity contribution in [3.8, 4) is 0 Å². The first kappa shape index (κ1) is 26.8. The van der Waals surface area contributed by atoms with Gasteiger partial charge in [0.2, 0.25) is 17.7 Å². The van der Waals surface area contributed by atoms with E-state index in [2.05, 4.69) is 24.5 Å². The van der Waals surface area contributed by atoms with Crippen LogP contribution in [0.3, 0.4) is 0 Å². The highest BCUT2D eigenvalue weighted by atomic mass is 32.2. The van der Waals surface area contributed by atoms with E-state index in [9.17, 15) is 19.5 Å². The number of amides is 3. The van der Waals surface area contributed by atoms with Crippen molar-refractivity contribution in [2.75, 3.05) is 11.9 Å². The Kier molecular flexibility index (Phi) is 7.56. The van der Waals surface area contributed by atoms with Crippen molar-refractivity contribution in [3.63, 3.8) is 0 Å². The third-order valence-corrected chi connectivity index (χ3v) is 10.7. The van der Waals surface area contributed by atoms with Gasteiger partial charge in [0.1, 0.15) is 6.04 Å². The van der Waals surface area contributed by atoms with Crippen molar-refractivity contribution < 1.29 is 19.5 Å². The summed E-state index contributed by atoms with van der Waals surface area (Å²) in [5, 5.41) is 16.7. The molecular formula is C30H37N3O4S. The van der Waals surface area contributed by atoms with Gasteiger partial charge in [-0.2, -0.15) is 0 Å². The molecule has 3 N–H and O–H groups in total. The van der Waals surface area contributed by atoms with Gasteiger partial charge in [-0.15, -0.1) is 11.8 Å². The molecule has 3 heterocycles. The Labute approximate surface area is 228 Å². The molecule has 38 heavy (non-hydrogen) atoms. The second kappa shape index (κ2) is 10.7. The largest absolute Gasteiger partial charge is 0.394 e. The maximum Gasteiger partial charge on any atom is 0.244 e. The van der Waals surface area contributed by atoms with E-state index in [4.69, 9.17) is 0 Å². The predicted molar refractivity (Wildman–Crippen MR) is 149 cm³/mol. The number of para-hydroxylation sites is 1. The average Bonchev–Trinajstić information content (AvgIpc) is 3.50. The molecule has 2 aromatic rings. The lowest BCUT2D eigenvalue weighted by molar-refractivity contribution is -0.142. The minimum Gasteiger partial charge on any atom is -0.394 e. The molecule has 0 aromatic heterocycles. The summed E-state index contributed by atoms with van der Waals surface area (Å²) in [6.45, 7) is 5.86. The maximum absolute atomic E-state index is 14.4. The van der Waals surface area contributed by atoms with E-state index in [1.165, 1.54) is 0 Å². The number of benzene rings is 2. The third-order valence-electron chi connectivity index (χ3n) is 8.58. The second-order valence-corrected chi connectivity index (χ2v) is 12.5. The Bertz CT molecular complexity index is 1180. The van der Waals surface area contributed by atoms with Crippen LogP contribution in [0.2, 0.25) is 0 Å². The first-order valence-corrected chi connectivity index (χ1v) is 14.5. The van der Waals surface area contributed by atoms with Gasteiger partial charge in [-0.1, -0.05) is 68.8 Å².